The first-order valence-corrected chi connectivity index (χ1v) is 30.7. The molecule has 0 unspecified atom stereocenters. The molecule has 94 heavy (non-hydrogen) atoms. The summed E-state index contributed by atoms with van der Waals surface area (Å²) in [5.41, 5.74) is -6.85. The predicted octanol–water partition coefficient (Wildman–Crippen LogP) is 9.34. The Morgan fingerprint density at radius 2 is 1.44 bits per heavy atom. The lowest BCUT2D eigenvalue weighted by Crippen LogP contribution is -2.78. The van der Waals surface area contributed by atoms with Crippen LogP contribution in [0.1, 0.15) is 105 Å². The van der Waals surface area contributed by atoms with Crippen molar-refractivity contribution in [1.82, 2.24) is 20.1 Å². The smallest absolute Gasteiger partial charge is 0.410 e. The van der Waals surface area contributed by atoms with Crippen LogP contribution >= 0.6 is 0 Å². The van der Waals surface area contributed by atoms with E-state index in [1.165, 1.54) is 77.3 Å². The average molecular weight is 1290 g/mol. The van der Waals surface area contributed by atoms with Crippen LogP contribution in [-0.2, 0) is 54.2 Å². The van der Waals surface area contributed by atoms with Crippen molar-refractivity contribution in [3.63, 3.8) is 0 Å². The molecule has 0 aliphatic heterocycles. The highest BCUT2D eigenvalue weighted by Gasteiger charge is 2.77. The van der Waals surface area contributed by atoms with E-state index in [2.05, 4.69) is 10.3 Å². The number of aliphatic hydroxyl groups is 2. The lowest BCUT2D eigenvalue weighted by atomic mass is 9.41. The van der Waals surface area contributed by atoms with Gasteiger partial charge >= 0.3 is 41.8 Å². The van der Waals surface area contributed by atoms with E-state index < -0.39 is 130 Å². The van der Waals surface area contributed by atoms with Gasteiger partial charge in [0, 0.05) is 82.0 Å². The fourth-order valence-corrected chi connectivity index (χ4v) is 13.9. The van der Waals surface area contributed by atoms with E-state index in [9.17, 15) is 49.1 Å². The summed E-state index contributed by atoms with van der Waals surface area (Å²) >= 11 is 0. The number of nitro groups is 1. The number of fused-ring (bicyclic) bond motifs is 6. The van der Waals surface area contributed by atoms with Crippen molar-refractivity contribution in [3.8, 4) is 11.5 Å². The number of carbonyl (C=O) groups is 8. The molecule has 3 N–H and O–H groups in total. The summed E-state index contributed by atoms with van der Waals surface area (Å²) < 4.78 is 43.1. The number of amides is 3. The second-order valence-corrected chi connectivity index (χ2v) is 25.1. The van der Waals surface area contributed by atoms with E-state index in [-0.39, 0.29) is 71.8 Å². The van der Waals surface area contributed by atoms with Crippen molar-refractivity contribution in [2.24, 2.45) is 22.7 Å². The number of likely N-dealkylation sites (N-methyl/N-ethyl adjacent to an activating group) is 2. The van der Waals surface area contributed by atoms with Crippen LogP contribution in [-0.4, -0.2) is 147 Å². The number of pyridine rings is 1. The summed E-state index contributed by atoms with van der Waals surface area (Å²) in [6.45, 7) is 7.49. The third-order valence-electron chi connectivity index (χ3n) is 19.1. The summed E-state index contributed by atoms with van der Waals surface area (Å²) in [4.78, 5) is 133. The number of nitrogens with one attached hydrogen (secondary N) is 1. The monoisotopic (exact) mass is 1290 g/mol. The number of nitrogens with zero attached hydrogens (tertiary/aromatic N) is 4. The number of hydrogen-bond donors (Lipinski definition) is 3. The molecule has 11 atom stereocenters. The van der Waals surface area contributed by atoms with E-state index in [4.69, 9.17) is 33.2 Å². The van der Waals surface area contributed by atoms with Crippen LogP contribution in [0.5, 0.6) is 11.5 Å². The molecule has 4 aliphatic carbocycles. The van der Waals surface area contributed by atoms with Gasteiger partial charge in [-0.15, -0.1) is 0 Å². The predicted molar refractivity (Wildman–Crippen MR) is 335 cm³/mol. The van der Waals surface area contributed by atoms with E-state index in [1.54, 1.807) is 111 Å². The van der Waals surface area contributed by atoms with Gasteiger partial charge in [0.25, 0.3) is 5.91 Å². The Hall–Kier alpha value is -10.1. The lowest BCUT2D eigenvalue weighted by Gasteiger charge is -2.68. The Kier molecular flexibility index (Phi) is 19.1. The molecule has 24 heteroatoms. The van der Waals surface area contributed by atoms with Gasteiger partial charge in [-0.2, -0.15) is 0 Å². The highest BCUT2D eigenvalue weighted by molar-refractivity contribution is 5.96. The van der Waals surface area contributed by atoms with Gasteiger partial charge in [-0.05, 0) is 116 Å². The summed E-state index contributed by atoms with van der Waals surface area (Å²) in [5, 5.41) is 42.2. The third-order valence-corrected chi connectivity index (χ3v) is 19.1. The molecule has 1 heterocycles. The van der Waals surface area contributed by atoms with Gasteiger partial charge in [-0.1, -0.05) is 86.6 Å². The van der Waals surface area contributed by atoms with Gasteiger partial charge in [-0.25, -0.2) is 19.2 Å². The molecule has 0 spiro atoms. The number of aromatic nitrogens is 1. The quantitative estimate of drug-likeness (QED) is 0.0223. The van der Waals surface area contributed by atoms with Crippen LogP contribution in [0.4, 0.5) is 15.3 Å². The Morgan fingerprint density at radius 1 is 0.787 bits per heavy atom. The van der Waals surface area contributed by atoms with E-state index in [0.29, 0.717) is 23.3 Å². The number of aliphatic hydroxyl groups excluding tert-OH is 1. The zero-order valence-corrected chi connectivity index (χ0v) is 53.0. The third kappa shape index (κ3) is 12.9. The second kappa shape index (κ2) is 26.9. The summed E-state index contributed by atoms with van der Waals surface area (Å²) in [7, 11) is 2.72. The number of rotatable bonds is 19. The van der Waals surface area contributed by atoms with E-state index >= 15 is 9.59 Å². The van der Waals surface area contributed by atoms with Gasteiger partial charge in [0.2, 0.25) is 11.9 Å². The summed E-state index contributed by atoms with van der Waals surface area (Å²) in [6, 6.07) is 34.9. The summed E-state index contributed by atoms with van der Waals surface area (Å²) in [5.74, 6) is -7.52. The number of hydrogen-bond acceptors (Lipinski definition) is 20. The van der Waals surface area contributed by atoms with Crippen molar-refractivity contribution in [3.05, 3.63) is 189 Å². The molecule has 3 amide bonds. The van der Waals surface area contributed by atoms with Gasteiger partial charge in [0.15, 0.2) is 11.9 Å². The normalized spacial score (nSPS) is 24.7. The molecule has 2 bridgehead atoms. The number of benzene rings is 5. The van der Waals surface area contributed by atoms with Crippen LogP contribution < -0.4 is 10.1 Å². The molecule has 24 nitrogen and oxygen atoms in total. The highest BCUT2D eigenvalue weighted by Crippen LogP contribution is 2.67. The Morgan fingerprint density at radius 3 is 2.06 bits per heavy atom. The Labute approximate surface area is 541 Å². The maximum absolute atomic E-state index is 16.0. The van der Waals surface area contributed by atoms with Crippen LogP contribution in [0.25, 0.3) is 10.9 Å². The second-order valence-electron chi connectivity index (χ2n) is 25.1. The maximum atomic E-state index is 16.0. The minimum absolute atomic E-state index is 0.0352. The number of ether oxygens (including phenoxy) is 7. The van der Waals surface area contributed by atoms with Gasteiger partial charge in [0.05, 0.1) is 33.4 Å². The first-order valence-electron chi connectivity index (χ1n) is 30.7. The molecule has 3 saturated carbocycles. The van der Waals surface area contributed by atoms with E-state index in [1.807, 2.05) is 6.07 Å². The zero-order chi connectivity index (χ0) is 67.6. The minimum atomic E-state index is -2.50. The van der Waals surface area contributed by atoms with Gasteiger partial charge in [0.1, 0.15) is 41.8 Å². The van der Waals surface area contributed by atoms with Gasteiger partial charge < -0.3 is 58.5 Å². The van der Waals surface area contributed by atoms with Crippen LogP contribution in [0.2, 0.25) is 0 Å². The molecule has 4 aliphatic rings. The molecule has 10 rings (SSSR count). The summed E-state index contributed by atoms with van der Waals surface area (Å²) in [6.07, 6.45) is -9.64. The van der Waals surface area contributed by atoms with Crippen molar-refractivity contribution in [1.29, 1.82) is 0 Å². The molecule has 5 aromatic carbocycles. The number of nitro benzene ring substituents is 1. The first kappa shape index (κ1) is 66.8. The standard InChI is InChI=1S/C70H73N5O19/c1-40-53(38-70(85)61(93-63(81)46-23-16-11-17-24-46)59-68(6,54(78)37-48-30-31-69(48,59)94-42(3)77)60(79)57(89-41(2)76)55(40)67(70,4)5)91-64(82)58(56(44-19-12-9-13-20-44)72-62(80)45-21-14-10-15-22-45)92-66(84)74(8)34-33-73(7)65(83)88-39-43-26-29-51(75(86)87)52(35-43)90-49-27-28-50-47(36-49)25-18-32-71-50/h9-29,32,35-36,48,53-54,56-59,61,78,85H,30-31,33-34,37-39H2,1-8H3,(H,72,80)/t48-,53+,54+,56+,57-,58-,59+,61+,68-,69+,70-/m1/s1. The van der Waals surface area contributed by atoms with Crippen LogP contribution in [0.3, 0.4) is 0 Å². The largest absolute Gasteiger partial charge is 0.458 e. The molecule has 0 saturated heterocycles. The van der Waals surface area contributed by atoms with Crippen molar-refractivity contribution < 1.29 is 86.7 Å². The SMILES string of the molecule is CC(=O)O[C@H]1C(=O)[C@@]2(C)[C@H]([C@H](OC(=O)c3ccccc3)[C@]3(O)C[C@H](OC(=O)[C@H](OC(=O)N(C)CCN(C)C(=O)OCc4ccc([N+](=O)[O-])c(Oc5ccc6ncccc6c5)c4)[C@@H](NC(=O)c4ccccc4)c4ccccc4)C(C)=C1C3(C)C)[C@]1(OC(C)=O)CC[C@@H]1C[C@@H]2O. The molecule has 0 radical (unpaired) electrons. The molecule has 1 aromatic heterocycles. The number of ketones is 1. The maximum Gasteiger partial charge on any atom is 0.410 e. The molecular weight excluding hydrogens is 1210 g/mol. The average Bonchev–Trinajstić information content (AvgIpc) is 0.670. The van der Waals surface area contributed by atoms with Crippen LogP contribution in [0.15, 0.2) is 157 Å². The fraction of sp³-hybridized carbons (Fsp3) is 0.386. The first-order chi connectivity index (χ1) is 44.7. The molecular formula is C70H73N5O19. The lowest BCUT2D eigenvalue weighted by molar-refractivity contribution is -0.385. The number of Topliss-reactive ketones (excluding diaryl/α,β-unsaturated/α-hetero) is 1. The molecule has 3 fully saturated rings. The highest BCUT2D eigenvalue weighted by atomic mass is 16.6. The fourth-order valence-electron chi connectivity index (χ4n) is 13.9. The number of esters is 4. The topological polar surface area (TPSA) is 316 Å². The Bertz CT molecular complexity index is 3960. The molecule has 492 valence electrons. The minimum Gasteiger partial charge on any atom is -0.458 e. The Balaban J connectivity index is 0.967. The van der Waals surface area contributed by atoms with Crippen molar-refractivity contribution in [2.45, 2.75) is 122 Å². The van der Waals surface area contributed by atoms with E-state index in [0.717, 1.165) is 22.1 Å². The van der Waals surface area contributed by atoms with Crippen molar-refractivity contribution in [2.75, 3.05) is 27.2 Å². The number of carbonyl (C=O) groups excluding carboxylic acids is 8. The van der Waals surface area contributed by atoms with Gasteiger partial charge in [-0.3, -0.25) is 34.3 Å². The van der Waals surface area contributed by atoms with Crippen molar-refractivity contribution >= 4 is 64.3 Å². The van der Waals surface area contributed by atoms with Crippen LogP contribution in [0, 0.1) is 32.8 Å². The zero-order valence-electron chi connectivity index (χ0n) is 53.0. The molecule has 6 aromatic rings.